The maximum atomic E-state index is 12.2. The van der Waals surface area contributed by atoms with E-state index in [2.05, 4.69) is 5.32 Å². The van der Waals surface area contributed by atoms with Crippen molar-refractivity contribution in [2.24, 2.45) is 0 Å². The molecule has 1 aromatic rings. The van der Waals surface area contributed by atoms with Crippen molar-refractivity contribution < 1.29 is 14.6 Å². The van der Waals surface area contributed by atoms with E-state index in [1.54, 1.807) is 7.11 Å². The molecule has 0 fully saturated rings. The molecule has 1 amide bonds. The molecule has 1 aromatic carbocycles. The topological polar surface area (TPSA) is 58.6 Å². The summed E-state index contributed by atoms with van der Waals surface area (Å²) >= 11 is 0. The van der Waals surface area contributed by atoms with Gasteiger partial charge in [0, 0.05) is 18.6 Å². The Morgan fingerprint density at radius 3 is 2.48 bits per heavy atom. The van der Waals surface area contributed by atoms with Gasteiger partial charge in [-0.1, -0.05) is 26.0 Å². The van der Waals surface area contributed by atoms with Crippen LogP contribution in [0.4, 0.5) is 0 Å². The van der Waals surface area contributed by atoms with Crippen molar-refractivity contribution in [1.82, 2.24) is 5.32 Å². The number of aliphatic hydroxyl groups excluding tert-OH is 1. The third-order valence-electron chi connectivity index (χ3n) is 4.06. The van der Waals surface area contributed by atoms with Crippen molar-refractivity contribution >= 4 is 5.91 Å². The molecule has 0 radical (unpaired) electrons. The first-order chi connectivity index (χ1) is 9.94. The predicted molar refractivity (Wildman–Crippen MR) is 84.6 cm³/mol. The number of ether oxygens (including phenoxy) is 1. The van der Waals surface area contributed by atoms with Crippen molar-refractivity contribution in [3.8, 4) is 5.75 Å². The van der Waals surface area contributed by atoms with E-state index >= 15 is 0 Å². The van der Waals surface area contributed by atoms with E-state index in [9.17, 15) is 4.79 Å². The fourth-order valence-electron chi connectivity index (χ4n) is 2.29. The predicted octanol–water partition coefficient (Wildman–Crippen LogP) is 2.86. The summed E-state index contributed by atoms with van der Waals surface area (Å²) < 4.78 is 5.13. The summed E-state index contributed by atoms with van der Waals surface area (Å²) in [4.78, 5) is 12.2. The summed E-state index contributed by atoms with van der Waals surface area (Å²) in [5, 5.41) is 12.1. The molecule has 21 heavy (non-hydrogen) atoms. The van der Waals surface area contributed by atoms with Gasteiger partial charge in [0.1, 0.15) is 5.75 Å². The number of methoxy groups -OCH3 is 1. The van der Waals surface area contributed by atoms with E-state index in [-0.39, 0.29) is 24.0 Å². The normalized spacial score (nSPS) is 15.1. The second-order valence-electron chi connectivity index (χ2n) is 5.81. The Labute approximate surface area is 127 Å². The maximum Gasteiger partial charge on any atom is 0.221 e. The van der Waals surface area contributed by atoms with E-state index in [1.165, 1.54) is 0 Å². The van der Waals surface area contributed by atoms with E-state index in [1.807, 2.05) is 45.0 Å². The molecule has 4 nitrogen and oxygen atoms in total. The Hall–Kier alpha value is -1.55. The summed E-state index contributed by atoms with van der Waals surface area (Å²) in [5.74, 6) is 0.985. The number of aliphatic hydroxyl groups is 1. The van der Waals surface area contributed by atoms with Crippen LogP contribution in [-0.2, 0) is 4.79 Å². The Bertz CT molecular complexity index is 444. The van der Waals surface area contributed by atoms with Gasteiger partial charge in [0.15, 0.2) is 0 Å². The molecule has 0 aromatic heterocycles. The first-order valence-electron chi connectivity index (χ1n) is 7.50. The number of nitrogens with one attached hydrogen (secondary N) is 1. The number of carbonyl (C=O) groups is 1. The molecule has 4 heteroatoms. The molecule has 0 saturated carbocycles. The fourth-order valence-corrected chi connectivity index (χ4v) is 2.29. The Kier molecular flexibility index (Phi) is 6.69. The lowest BCUT2D eigenvalue weighted by Gasteiger charge is -2.29. The van der Waals surface area contributed by atoms with Crippen molar-refractivity contribution in [3.05, 3.63) is 29.8 Å². The van der Waals surface area contributed by atoms with Crippen LogP contribution in [0.5, 0.6) is 5.75 Å². The average Bonchev–Trinajstić information content (AvgIpc) is 2.47. The van der Waals surface area contributed by atoms with Crippen LogP contribution >= 0.6 is 0 Å². The lowest BCUT2D eigenvalue weighted by molar-refractivity contribution is -0.123. The second-order valence-corrected chi connectivity index (χ2v) is 5.81. The minimum absolute atomic E-state index is 0.0242. The first-order valence-corrected chi connectivity index (χ1v) is 7.50. The van der Waals surface area contributed by atoms with Crippen LogP contribution in [0.2, 0.25) is 0 Å². The Morgan fingerprint density at radius 2 is 2.00 bits per heavy atom. The van der Waals surface area contributed by atoms with Crippen molar-refractivity contribution in [2.45, 2.75) is 51.5 Å². The van der Waals surface area contributed by atoms with Gasteiger partial charge in [0.2, 0.25) is 5.91 Å². The van der Waals surface area contributed by atoms with Crippen molar-refractivity contribution in [1.29, 1.82) is 0 Å². The average molecular weight is 293 g/mol. The number of hydrogen-bond donors (Lipinski definition) is 2. The number of rotatable bonds is 8. The molecule has 0 aliphatic heterocycles. The highest BCUT2D eigenvalue weighted by molar-refractivity contribution is 5.77. The van der Waals surface area contributed by atoms with Gasteiger partial charge in [-0.15, -0.1) is 0 Å². The molecule has 2 N–H and O–H groups in total. The number of carbonyl (C=O) groups excluding carboxylic acids is 1. The summed E-state index contributed by atoms with van der Waals surface area (Å²) in [6.45, 7) is 6.11. The third-order valence-corrected chi connectivity index (χ3v) is 4.06. The molecular formula is C17H27NO3. The largest absolute Gasteiger partial charge is 0.497 e. The fraction of sp³-hybridized carbons (Fsp3) is 0.588. The molecule has 2 atom stereocenters. The molecule has 0 spiro atoms. The highest BCUT2D eigenvalue weighted by atomic mass is 16.5. The zero-order valence-corrected chi connectivity index (χ0v) is 13.5. The number of hydrogen-bond acceptors (Lipinski definition) is 3. The van der Waals surface area contributed by atoms with Gasteiger partial charge in [-0.2, -0.15) is 0 Å². The molecule has 0 saturated heterocycles. The summed E-state index contributed by atoms with van der Waals surface area (Å²) in [6.07, 6.45) is 1.82. The van der Waals surface area contributed by atoms with E-state index in [0.29, 0.717) is 12.8 Å². The molecule has 2 unspecified atom stereocenters. The maximum absolute atomic E-state index is 12.2. The summed E-state index contributed by atoms with van der Waals surface area (Å²) in [6, 6.07) is 7.80. The highest BCUT2D eigenvalue weighted by Gasteiger charge is 2.24. The molecule has 118 valence electrons. The van der Waals surface area contributed by atoms with Crippen LogP contribution in [-0.4, -0.2) is 30.3 Å². The van der Waals surface area contributed by atoms with Crippen LogP contribution in [0.15, 0.2) is 24.3 Å². The van der Waals surface area contributed by atoms with Gasteiger partial charge < -0.3 is 15.2 Å². The number of benzene rings is 1. The first kappa shape index (κ1) is 17.5. The van der Waals surface area contributed by atoms with E-state index < -0.39 is 0 Å². The van der Waals surface area contributed by atoms with Crippen LogP contribution < -0.4 is 10.1 Å². The smallest absolute Gasteiger partial charge is 0.221 e. The lowest BCUT2D eigenvalue weighted by Crippen LogP contribution is -2.46. The highest BCUT2D eigenvalue weighted by Crippen LogP contribution is 2.22. The molecule has 0 aliphatic rings. The van der Waals surface area contributed by atoms with Gasteiger partial charge in [0.05, 0.1) is 7.11 Å². The zero-order valence-electron chi connectivity index (χ0n) is 13.5. The van der Waals surface area contributed by atoms with Crippen LogP contribution in [0, 0.1) is 0 Å². The van der Waals surface area contributed by atoms with Crippen LogP contribution in [0.25, 0.3) is 0 Å². The van der Waals surface area contributed by atoms with E-state index in [4.69, 9.17) is 9.84 Å². The molecular weight excluding hydrogens is 266 g/mol. The van der Waals surface area contributed by atoms with Gasteiger partial charge in [-0.25, -0.2) is 0 Å². The zero-order chi connectivity index (χ0) is 15.9. The van der Waals surface area contributed by atoms with E-state index in [0.717, 1.165) is 17.7 Å². The molecule has 1 rings (SSSR count). The van der Waals surface area contributed by atoms with Crippen LogP contribution in [0.1, 0.15) is 51.5 Å². The van der Waals surface area contributed by atoms with Gasteiger partial charge in [-0.3, -0.25) is 4.79 Å². The van der Waals surface area contributed by atoms with Gasteiger partial charge in [0.25, 0.3) is 0 Å². The van der Waals surface area contributed by atoms with Crippen LogP contribution in [0.3, 0.4) is 0 Å². The minimum Gasteiger partial charge on any atom is -0.497 e. The van der Waals surface area contributed by atoms with Crippen molar-refractivity contribution in [3.63, 3.8) is 0 Å². The SMILES string of the molecule is CCC(C)(CCO)NC(=O)CC(C)c1ccc(OC)cc1. The van der Waals surface area contributed by atoms with Gasteiger partial charge in [-0.05, 0) is 43.4 Å². The third kappa shape index (κ3) is 5.38. The standard InChI is InChI=1S/C17H27NO3/c1-5-17(3,10-11-19)18-16(20)12-13(2)14-6-8-15(21-4)9-7-14/h6-9,13,19H,5,10-12H2,1-4H3,(H,18,20). The second kappa shape index (κ2) is 8.03. The number of amides is 1. The molecule has 0 aliphatic carbocycles. The Morgan fingerprint density at radius 1 is 1.38 bits per heavy atom. The van der Waals surface area contributed by atoms with Gasteiger partial charge >= 0.3 is 0 Å². The Balaban J connectivity index is 2.60. The summed E-state index contributed by atoms with van der Waals surface area (Å²) in [5.41, 5.74) is 0.789. The quantitative estimate of drug-likeness (QED) is 0.775. The lowest BCUT2D eigenvalue weighted by atomic mass is 9.93. The molecule has 0 heterocycles. The monoisotopic (exact) mass is 293 g/mol. The minimum atomic E-state index is -0.328. The molecule has 0 bridgehead atoms. The van der Waals surface area contributed by atoms with Crippen molar-refractivity contribution in [2.75, 3.05) is 13.7 Å². The summed E-state index contributed by atoms with van der Waals surface area (Å²) in [7, 11) is 1.64.